The largest absolute Gasteiger partial charge is 0.433 e. The molecule has 0 unspecified atom stereocenters. The average molecular weight is 584 g/mol. The Morgan fingerprint density at radius 3 is 2.37 bits per heavy atom. The van der Waals surface area contributed by atoms with E-state index in [9.17, 15) is 22.4 Å². The van der Waals surface area contributed by atoms with Crippen LogP contribution in [0.5, 0.6) is 0 Å². The molecule has 0 aliphatic heterocycles. The number of aromatic nitrogens is 5. The van der Waals surface area contributed by atoms with Gasteiger partial charge in [0.15, 0.2) is 22.9 Å². The van der Waals surface area contributed by atoms with E-state index in [0.717, 1.165) is 24.3 Å². The Kier molecular flexibility index (Phi) is 6.76. The fourth-order valence-electron chi connectivity index (χ4n) is 3.61. The van der Waals surface area contributed by atoms with Crippen molar-refractivity contribution >= 4 is 52.2 Å². The molecule has 5 rings (SSSR count). The zero-order valence-corrected chi connectivity index (χ0v) is 21.0. The summed E-state index contributed by atoms with van der Waals surface area (Å²) in [7, 11) is 0. The van der Waals surface area contributed by atoms with Crippen LogP contribution in [0.15, 0.2) is 60.8 Å². The Bertz CT molecular complexity index is 1680. The third-order valence-electron chi connectivity index (χ3n) is 5.39. The molecule has 0 saturated carbocycles. The monoisotopic (exact) mass is 582 g/mol. The first kappa shape index (κ1) is 26.0. The van der Waals surface area contributed by atoms with Gasteiger partial charge in [-0.2, -0.15) is 23.4 Å². The molecule has 1 N–H and O–H groups in total. The second kappa shape index (κ2) is 9.90. The molecule has 0 aliphatic rings. The summed E-state index contributed by atoms with van der Waals surface area (Å²) in [6.45, 7) is 0.213. The summed E-state index contributed by atoms with van der Waals surface area (Å²) in [5.74, 6) is -1.44. The predicted octanol–water partition coefficient (Wildman–Crippen LogP) is 7.01. The number of anilines is 1. The van der Waals surface area contributed by atoms with Gasteiger partial charge >= 0.3 is 6.18 Å². The topological polar surface area (TPSA) is 77.1 Å². The molecule has 3 heterocycles. The van der Waals surface area contributed by atoms with Crippen LogP contribution in [0.3, 0.4) is 0 Å². The molecule has 0 fully saturated rings. The van der Waals surface area contributed by atoms with Crippen LogP contribution in [-0.4, -0.2) is 30.3 Å². The van der Waals surface area contributed by atoms with Gasteiger partial charge in [0, 0.05) is 27.9 Å². The van der Waals surface area contributed by atoms with Crippen molar-refractivity contribution in [1.29, 1.82) is 0 Å². The zero-order chi connectivity index (χ0) is 27.2. The number of hydrogen-bond acceptors (Lipinski definition) is 4. The van der Waals surface area contributed by atoms with E-state index in [0.29, 0.717) is 20.1 Å². The minimum atomic E-state index is -4.82. The van der Waals surface area contributed by atoms with Crippen molar-refractivity contribution in [2.45, 2.75) is 12.7 Å². The van der Waals surface area contributed by atoms with Crippen molar-refractivity contribution in [1.82, 2.24) is 24.4 Å². The van der Waals surface area contributed by atoms with Crippen LogP contribution < -0.4 is 5.32 Å². The number of fused-ring (bicyclic) bond motifs is 1. The molecular formula is C24H13Cl3F4N6O. The second-order valence-electron chi connectivity index (χ2n) is 8.04. The molecule has 2 aromatic carbocycles. The molecule has 5 aromatic rings. The Morgan fingerprint density at radius 2 is 1.68 bits per heavy atom. The Balaban J connectivity index is 1.44. The highest BCUT2D eigenvalue weighted by Gasteiger charge is 2.35. The second-order valence-corrected chi connectivity index (χ2v) is 9.29. The van der Waals surface area contributed by atoms with Crippen LogP contribution in [0, 0.1) is 5.82 Å². The van der Waals surface area contributed by atoms with Crippen LogP contribution in [-0.2, 0) is 12.7 Å². The highest BCUT2D eigenvalue weighted by molar-refractivity contribution is 6.35. The molecular weight excluding hydrogens is 571 g/mol. The number of halogens is 7. The molecule has 14 heteroatoms. The van der Waals surface area contributed by atoms with E-state index < -0.39 is 23.6 Å². The predicted molar refractivity (Wildman–Crippen MR) is 134 cm³/mol. The minimum Gasteiger partial charge on any atom is -0.302 e. The smallest absolute Gasteiger partial charge is 0.302 e. The van der Waals surface area contributed by atoms with Crippen molar-refractivity contribution in [3.63, 3.8) is 0 Å². The Labute approximate surface area is 226 Å². The van der Waals surface area contributed by atoms with E-state index in [1.807, 2.05) is 0 Å². The summed E-state index contributed by atoms with van der Waals surface area (Å²) in [6.07, 6.45) is -3.37. The van der Waals surface area contributed by atoms with Crippen molar-refractivity contribution in [3.05, 3.63) is 98.6 Å². The first-order valence-electron chi connectivity index (χ1n) is 10.7. The van der Waals surface area contributed by atoms with Crippen molar-refractivity contribution in [2.24, 2.45) is 0 Å². The van der Waals surface area contributed by atoms with Gasteiger partial charge in [-0.3, -0.25) is 9.48 Å². The minimum absolute atomic E-state index is 0.0326. The normalized spacial score (nSPS) is 11.8. The number of hydrogen-bond donors (Lipinski definition) is 1. The van der Waals surface area contributed by atoms with Crippen LogP contribution in [0.25, 0.3) is 16.9 Å². The van der Waals surface area contributed by atoms with E-state index in [1.54, 1.807) is 18.2 Å². The lowest BCUT2D eigenvalue weighted by Gasteiger charge is -2.11. The van der Waals surface area contributed by atoms with Gasteiger partial charge in [-0.1, -0.05) is 40.9 Å². The lowest BCUT2D eigenvalue weighted by atomic mass is 10.1. The number of nitrogens with zero attached hydrogens (tertiary/aromatic N) is 5. The first-order chi connectivity index (χ1) is 18.0. The molecule has 1 amide bonds. The fraction of sp³-hybridized carbons (Fsp3) is 0.0833. The summed E-state index contributed by atoms with van der Waals surface area (Å²) < 4.78 is 56.7. The maximum Gasteiger partial charge on any atom is 0.433 e. The van der Waals surface area contributed by atoms with E-state index in [-0.39, 0.29) is 40.0 Å². The molecule has 7 nitrogen and oxygen atoms in total. The quantitative estimate of drug-likeness (QED) is 0.226. The van der Waals surface area contributed by atoms with E-state index in [2.05, 4.69) is 20.5 Å². The van der Waals surface area contributed by atoms with Gasteiger partial charge in [0.25, 0.3) is 5.91 Å². The lowest BCUT2D eigenvalue weighted by molar-refractivity contribution is -0.142. The van der Waals surface area contributed by atoms with E-state index in [1.165, 1.54) is 23.0 Å². The number of rotatable bonds is 5. The number of nitrogens with one attached hydrogen (secondary N) is 1. The summed E-state index contributed by atoms with van der Waals surface area (Å²) in [6, 6.07) is 11.6. The van der Waals surface area contributed by atoms with E-state index >= 15 is 0 Å². The number of carbonyl (C=O) groups excluding carboxylic acids is 1. The highest BCUT2D eigenvalue weighted by atomic mass is 35.5. The summed E-state index contributed by atoms with van der Waals surface area (Å²) in [5, 5.41) is 11.4. The average Bonchev–Trinajstić information content (AvgIpc) is 3.43. The summed E-state index contributed by atoms with van der Waals surface area (Å²) >= 11 is 18.3. The van der Waals surface area contributed by atoms with Crippen LogP contribution in [0.1, 0.15) is 21.7 Å². The maximum atomic E-state index is 13.8. The number of amides is 1. The number of benzene rings is 2. The molecule has 0 radical (unpaired) electrons. The first-order valence-corrected chi connectivity index (χ1v) is 11.8. The third-order valence-corrected chi connectivity index (χ3v) is 6.25. The Hall–Kier alpha value is -3.67. The van der Waals surface area contributed by atoms with Gasteiger partial charge in [0.05, 0.1) is 12.2 Å². The van der Waals surface area contributed by atoms with Crippen molar-refractivity contribution in [2.75, 3.05) is 5.32 Å². The molecule has 3 aromatic heterocycles. The molecule has 0 spiro atoms. The van der Waals surface area contributed by atoms with Crippen LogP contribution in [0.4, 0.5) is 23.4 Å². The lowest BCUT2D eigenvalue weighted by Crippen LogP contribution is -2.16. The van der Waals surface area contributed by atoms with Gasteiger partial charge in [0.2, 0.25) is 0 Å². The molecule has 38 heavy (non-hydrogen) atoms. The fourth-order valence-corrected chi connectivity index (χ4v) is 4.28. The molecule has 0 atom stereocenters. The van der Waals surface area contributed by atoms with Gasteiger partial charge in [0.1, 0.15) is 10.8 Å². The summed E-state index contributed by atoms with van der Waals surface area (Å²) in [4.78, 5) is 17.0. The highest BCUT2D eigenvalue weighted by Crippen LogP contribution is 2.32. The van der Waals surface area contributed by atoms with Crippen molar-refractivity contribution < 1.29 is 22.4 Å². The molecule has 0 aliphatic carbocycles. The molecule has 194 valence electrons. The SMILES string of the molecule is O=C(Nc1nn(Cc2ccc(Cl)cc2Cl)cc1Cl)c1cc2nc(-c3ccc(F)cc3)cc(C(F)(F)F)n2n1. The van der Waals surface area contributed by atoms with Gasteiger partial charge < -0.3 is 5.32 Å². The maximum absolute atomic E-state index is 13.8. The van der Waals surface area contributed by atoms with Crippen molar-refractivity contribution in [3.8, 4) is 11.3 Å². The third kappa shape index (κ3) is 5.31. The Morgan fingerprint density at radius 1 is 0.947 bits per heavy atom. The number of carbonyl (C=O) groups is 1. The van der Waals surface area contributed by atoms with Gasteiger partial charge in [-0.25, -0.2) is 13.9 Å². The van der Waals surface area contributed by atoms with Crippen LogP contribution >= 0.6 is 34.8 Å². The van der Waals surface area contributed by atoms with Gasteiger partial charge in [-0.05, 0) is 48.0 Å². The molecule has 0 bridgehead atoms. The standard InChI is InChI=1S/C24H13Cl3F4N6O/c25-14-4-1-13(16(26)7-14)10-36-11-17(27)22(35-36)33-23(38)19-9-21-32-18(12-2-5-15(28)6-3-12)8-20(24(29,30)31)37(21)34-19/h1-9,11H,10H2,(H,33,35,38). The summed E-state index contributed by atoms with van der Waals surface area (Å²) in [5.41, 5.74) is -0.882. The zero-order valence-electron chi connectivity index (χ0n) is 18.8. The number of alkyl halides is 3. The molecule has 0 saturated heterocycles. The van der Waals surface area contributed by atoms with E-state index in [4.69, 9.17) is 34.8 Å². The van der Waals surface area contributed by atoms with Gasteiger partial charge in [-0.15, -0.1) is 0 Å². The van der Waals surface area contributed by atoms with Crippen LogP contribution in [0.2, 0.25) is 15.1 Å².